The number of amides is 1. The standard InChI is InChI=1S/C19H28N4O2/c1-16-13-22(15-19(25)21(2)10-6-9-20)11-12-23(16)14-18(24)17-7-4-3-5-8-17/h3-5,7-8,16,18,24H,6,10-15H2,1-2H3/t16-,18+/m1/s1. The highest BCUT2D eigenvalue weighted by atomic mass is 16.3. The lowest BCUT2D eigenvalue weighted by atomic mass is 10.1. The van der Waals surface area contributed by atoms with Crippen LogP contribution in [0.2, 0.25) is 0 Å². The molecule has 6 nitrogen and oxygen atoms in total. The molecule has 0 bridgehead atoms. The van der Waals surface area contributed by atoms with Crippen molar-refractivity contribution in [3.8, 4) is 6.07 Å². The van der Waals surface area contributed by atoms with E-state index in [4.69, 9.17) is 5.26 Å². The molecule has 1 aliphatic rings. The summed E-state index contributed by atoms with van der Waals surface area (Å²) in [6.45, 7) is 6.06. The van der Waals surface area contributed by atoms with Crippen molar-refractivity contribution in [3.63, 3.8) is 0 Å². The highest BCUT2D eigenvalue weighted by molar-refractivity contribution is 5.78. The second kappa shape index (κ2) is 9.52. The highest BCUT2D eigenvalue weighted by Gasteiger charge is 2.27. The molecule has 25 heavy (non-hydrogen) atoms. The van der Waals surface area contributed by atoms with E-state index in [1.807, 2.05) is 30.3 Å². The molecule has 1 heterocycles. The molecule has 6 heteroatoms. The lowest BCUT2D eigenvalue weighted by molar-refractivity contribution is -0.131. The topological polar surface area (TPSA) is 70.8 Å². The smallest absolute Gasteiger partial charge is 0.236 e. The van der Waals surface area contributed by atoms with E-state index in [-0.39, 0.29) is 11.9 Å². The molecule has 1 aromatic rings. The van der Waals surface area contributed by atoms with Crippen molar-refractivity contribution in [2.75, 3.05) is 46.3 Å². The predicted molar refractivity (Wildman–Crippen MR) is 96.7 cm³/mol. The van der Waals surface area contributed by atoms with Crippen LogP contribution >= 0.6 is 0 Å². The Morgan fingerprint density at radius 3 is 2.76 bits per heavy atom. The number of nitriles is 1. The predicted octanol–water partition coefficient (Wildman–Crippen LogP) is 1.10. The minimum absolute atomic E-state index is 0.0558. The van der Waals surface area contributed by atoms with Gasteiger partial charge in [-0.05, 0) is 12.5 Å². The molecule has 1 aromatic carbocycles. The van der Waals surface area contributed by atoms with Gasteiger partial charge in [0.15, 0.2) is 0 Å². The summed E-state index contributed by atoms with van der Waals surface area (Å²) in [4.78, 5) is 18.2. The largest absolute Gasteiger partial charge is 0.387 e. The molecule has 1 amide bonds. The fourth-order valence-corrected chi connectivity index (χ4v) is 3.14. The van der Waals surface area contributed by atoms with Crippen LogP contribution in [0.4, 0.5) is 0 Å². The van der Waals surface area contributed by atoms with Crippen LogP contribution in [0.1, 0.15) is 25.0 Å². The van der Waals surface area contributed by atoms with Gasteiger partial charge in [0.05, 0.1) is 25.1 Å². The van der Waals surface area contributed by atoms with E-state index < -0.39 is 6.10 Å². The van der Waals surface area contributed by atoms with Crippen molar-refractivity contribution >= 4 is 5.91 Å². The Labute approximate surface area is 150 Å². The maximum absolute atomic E-state index is 12.2. The Balaban J connectivity index is 1.80. The fraction of sp³-hybridized carbons (Fsp3) is 0.579. The van der Waals surface area contributed by atoms with E-state index in [1.54, 1.807) is 11.9 Å². The van der Waals surface area contributed by atoms with E-state index in [0.29, 0.717) is 26.1 Å². The molecule has 2 rings (SSSR count). The molecular weight excluding hydrogens is 316 g/mol. The first-order chi connectivity index (χ1) is 12.0. The number of carbonyl (C=O) groups excluding carboxylic acids is 1. The number of piperazine rings is 1. The van der Waals surface area contributed by atoms with Crippen molar-refractivity contribution in [1.29, 1.82) is 5.26 Å². The Morgan fingerprint density at radius 1 is 1.40 bits per heavy atom. The lowest BCUT2D eigenvalue weighted by Crippen LogP contribution is -2.54. The Morgan fingerprint density at radius 2 is 2.12 bits per heavy atom. The van der Waals surface area contributed by atoms with E-state index >= 15 is 0 Å². The van der Waals surface area contributed by atoms with Gasteiger partial charge in [0.2, 0.25) is 5.91 Å². The van der Waals surface area contributed by atoms with Gasteiger partial charge < -0.3 is 10.0 Å². The average Bonchev–Trinajstić information content (AvgIpc) is 2.62. The maximum Gasteiger partial charge on any atom is 0.236 e. The van der Waals surface area contributed by atoms with Gasteiger partial charge in [-0.2, -0.15) is 5.26 Å². The van der Waals surface area contributed by atoms with Crippen LogP contribution < -0.4 is 0 Å². The summed E-state index contributed by atoms with van der Waals surface area (Å²) in [5.41, 5.74) is 0.937. The number of aliphatic hydroxyl groups is 1. The SMILES string of the molecule is C[C@@H]1CN(CC(=O)N(C)CCC#N)CCN1C[C@H](O)c1ccccc1. The van der Waals surface area contributed by atoms with Crippen LogP contribution in [0.5, 0.6) is 0 Å². The van der Waals surface area contributed by atoms with Gasteiger partial charge in [-0.25, -0.2) is 0 Å². The van der Waals surface area contributed by atoms with Gasteiger partial charge in [0.25, 0.3) is 0 Å². The summed E-state index contributed by atoms with van der Waals surface area (Å²) in [5, 5.41) is 19.0. The second-order valence-corrected chi connectivity index (χ2v) is 6.73. The zero-order valence-corrected chi connectivity index (χ0v) is 15.1. The van der Waals surface area contributed by atoms with Crippen molar-refractivity contribution in [3.05, 3.63) is 35.9 Å². The zero-order chi connectivity index (χ0) is 18.2. The fourth-order valence-electron chi connectivity index (χ4n) is 3.14. The van der Waals surface area contributed by atoms with Crippen molar-refractivity contribution in [2.24, 2.45) is 0 Å². The molecule has 1 fully saturated rings. The Hall–Kier alpha value is -1.94. The number of likely N-dealkylation sites (N-methyl/N-ethyl adjacent to an activating group) is 1. The Kier molecular flexibility index (Phi) is 7.38. The number of benzene rings is 1. The molecule has 0 saturated carbocycles. The molecule has 1 N–H and O–H groups in total. The van der Waals surface area contributed by atoms with E-state index in [2.05, 4.69) is 22.8 Å². The van der Waals surface area contributed by atoms with Gasteiger partial charge in [0, 0.05) is 45.8 Å². The zero-order valence-electron chi connectivity index (χ0n) is 15.1. The number of carbonyl (C=O) groups is 1. The molecule has 0 aliphatic carbocycles. The van der Waals surface area contributed by atoms with Gasteiger partial charge >= 0.3 is 0 Å². The normalized spacial score (nSPS) is 20.0. The van der Waals surface area contributed by atoms with Crippen LogP contribution in [-0.4, -0.2) is 78.1 Å². The molecule has 0 unspecified atom stereocenters. The third kappa shape index (κ3) is 5.82. The van der Waals surface area contributed by atoms with E-state index in [0.717, 1.165) is 25.2 Å². The number of rotatable bonds is 7. The molecule has 0 spiro atoms. The van der Waals surface area contributed by atoms with Gasteiger partial charge in [-0.1, -0.05) is 30.3 Å². The minimum atomic E-state index is -0.492. The molecule has 136 valence electrons. The quantitative estimate of drug-likeness (QED) is 0.802. The molecule has 0 radical (unpaired) electrons. The minimum Gasteiger partial charge on any atom is -0.387 e. The first-order valence-electron chi connectivity index (χ1n) is 8.81. The Bertz CT molecular complexity index is 587. The van der Waals surface area contributed by atoms with Crippen LogP contribution in [0, 0.1) is 11.3 Å². The molecule has 2 atom stereocenters. The molecular formula is C19H28N4O2. The van der Waals surface area contributed by atoms with Gasteiger partial charge in [-0.15, -0.1) is 0 Å². The van der Waals surface area contributed by atoms with Crippen LogP contribution in [-0.2, 0) is 4.79 Å². The number of hydrogen-bond acceptors (Lipinski definition) is 5. The summed E-state index contributed by atoms with van der Waals surface area (Å²) in [6, 6.07) is 12.1. The third-order valence-electron chi connectivity index (χ3n) is 4.78. The van der Waals surface area contributed by atoms with Gasteiger partial charge in [-0.3, -0.25) is 14.6 Å². The third-order valence-corrected chi connectivity index (χ3v) is 4.78. The second-order valence-electron chi connectivity index (χ2n) is 6.73. The van der Waals surface area contributed by atoms with Crippen molar-refractivity contribution < 1.29 is 9.90 Å². The molecule has 1 saturated heterocycles. The number of β-amino-alcohol motifs (C(OH)–C–C–N with tert-alkyl or cyclic N) is 1. The van der Waals surface area contributed by atoms with Crippen LogP contribution in [0.25, 0.3) is 0 Å². The monoisotopic (exact) mass is 344 g/mol. The lowest BCUT2D eigenvalue weighted by Gasteiger charge is -2.40. The maximum atomic E-state index is 12.2. The van der Waals surface area contributed by atoms with E-state index in [9.17, 15) is 9.90 Å². The number of aliphatic hydroxyl groups excluding tert-OH is 1. The highest BCUT2D eigenvalue weighted by Crippen LogP contribution is 2.17. The summed E-state index contributed by atoms with van der Waals surface area (Å²) in [7, 11) is 1.75. The van der Waals surface area contributed by atoms with Crippen LogP contribution in [0.3, 0.4) is 0 Å². The molecule has 1 aliphatic heterocycles. The summed E-state index contributed by atoms with van der Waals surface area (Å²) in [5.74, 6) is 0.0558. The summed E-state index contributed by atoms with van der Waals surface area (Å²) in [6.07, 6.45) is -0.127. The number of nitrogens with zero attached hydrogens (tertiary/aromatic N) is 4. The molecule has 0 aromatic heterocycles. The van der Waals surface area contributed by atoms with Crippen molar-refractivity contribution in [1.82, 2.24) is 14.7 Å². The average molecular weight is 344 g/mol. The van der Waals surface area contributed by atoms with Crippen molar-refractivity contribution in [2.45, 2.75) is 25.5 Å². The first-order valence-corrected chi connectivity index (χ1v) is 8.81. The number of hydrogen-bond donors (Lipinski definition) is 1. The first kappa shape index (κ1) is 19.4. The van der Waals surface area contributed by atoms with E-state index in [1.165, 1.54) is 0 Å². The van der Waals surface area contributed by atoms with Gasteiger partial charge in [0.1, 0.15) is 0 Å². The summed E-state index contributed by atoms with van der Waals surface area (Å²) >= 11 is 0. The van der Waals surface area contributed by atoms with Crippen LogP contribution in [0.15, 0.2) is 30.3 Å². The summed E-state index contributed by atoms with van der Waals surface area (Å²) < 4.78 is 0.